The molecule has 106 valence electrons. The average molecular weight is 289 g/mol. The van der Waals surface area contributed by atoms with Crippen molar-refractivity contribution in [2.45, 2.75) is 10.9 Å². The van der Waals surface area contributed by atoms with E-state index in [1.807, 2.05) is 55.4 Å². The van der Waals surface area contributed by atoms with Crippen LogP contribution in [0.15, 0.2) is 65.6 Å². The van der Waals surface area contributed by atoms with Gasteiger partial charge in [0.25, 0.3) is 0 Å². The summed E-state index contributed by atoms with van der Waals surface area (Å²) in [6.45, 7) is 0. The van der Waals surface area contributed by atoms with Crippen molar-refractivity contribution < 1.29 is 8.42 Å². The van der Waals surface area contributed by atoms with Crippen LogP contribution in [0.25, 0.3) is 0 Å². The van der Waals surface area contributed by atoms with E-state index in [-0.39, 0.29) is 11.8 Å². The van der Waals surface area contributed by atoms with E-state index in [9.17, 15) is 8.42 Å². The van der Waals surface area contributed by atoms with E-state index in [1.165, 1.54) is 0 Å². The Morgan fingerprint density at radius 1 is 0.900 bits per heavy atom. The Kier molecular flexibility index (Phi) is 4.57. The highest BCUT2D eigenvalue weighted by Crippen LogP contribution is 2.23. The highest BCUT2D eigenvalue weighted by molar-refractivity contribution is 7.91. The van der Waals surface area contributed by atoms with Crippen molar-refractivity contribution in [3.05, 3.63) is 66.2 Å². The van der Waals surface area contributed by atoms with Crippen LogP contribution >= 0.6 is 0 Å². The van der Waals surface area contributed by atoms with E-state index in [0.717, 1.165) is 5.56 Å². The van der Waals surface area contributed by atoms with E-state index < -0.39 is 9.84 Å². The first kappa shape index (κ1) is 14.8. The van der Waals surface area contributed by atoms with Crippen molar-refractivity contribution in [2.24, 2.45) is 0 Å². The molecule has 0 N–H and O–H groups in total. The lowest BCUT2D eigenvalue weighted by Gasteiger charge is -2.24. The third-order valence-corrected chi connectivity index (χ3v) is 5.03. The molecule has 0 spiro atoms. The molecule has 0 amide bonds. The van der Waals surface area contributed by atoms with Gasteiger partial charge in [0.1, 0.15) is 0 Å². The summed E-state index contributed by atoms with van der Waals surface area (Å²) in [6.07, 6.45) is 0. The Balaban J connectivity index is 2.30. The van der Waals surface area contributed by atoms with Crippen molar-refractivity contribution in [3.8, 4) is 0 Å². The number of benzene rings is 2. The average Bonchev–Trinajstić information content (AvgIpc) is 2.46. The molecule has 0 saturated heterocycles. The third kappa shape index (κ3) is 3.46. The van der Waals surface area contributed by atoms with E-state index in [0.29, 0.717) is 4.90 Å². The number of hydrogen-bond acceptors (Lipinski definition) is 3. The van der Waals surface area contributed by atoms with Crippen molar-refractivity contribution in [1.82, 2.24) is 4.90 Å². The first-order chi connectivity index (χ1) is 9.50. The zero-order valence-electron chi connectivity index (χ0n) is 11.7. The van der Waals surface area contributed by atoms with Crippen LogP contribution in [0.5, 0.6) is 0 Å². The summed E-state index contributed by atoms with van der Waals surface area (Å²) in [5, 5.41) is 0. The Bertz CT molecular complexity index is 637. The third-order valence-electron chi connectivity index (χ3n) is 3.29. The number of nitrogens with zero attached hydrogens (tertiary/aromatic N) is 1. The summed E-state index contributed by atoms with van der Waals surface area (Å²) in [4.78, 5) is 2.32. The molecule has 3 nitrogen and oxygen atoms in total. The summed E-state index contributed by atoms with van der Waals surface area (Å²) < 4.78 is 25.0. The molecule has 0 unspecified atom stereocenters. The fraction of sp³-hybridized carbons (Fsp3) is 0.250. The SMILES string of the molecule is CN(C)[C@H](CS(=O)(=O)c1ccccc1)c1ccccc1. The highest BCUT2D eigenvalue weighted by Gasteiger charge is 2.23. The molecule has 0 heterocycles. The maximum absolute atomic E-state index is 12.5. The fourth-order valence-electron chi connectivity index (χ4n) is 2.15. The molecule has 0 fully saturated rings. The molecule has 20 heavy (non-hydrogen) atoms. The topological polar surface area (TPSA) is 37.4 Å². The van der Waals surface area contributed by atoms with Gasteiger partial charge in [-0.3, -0.25) is 0 Å². The lowest BCUT2D eigenvalue weighted by Crippen LogP contribution is -2.27. The van der Waals surface area contributed by atoms with Crippen molar-refractivity contribution in [1.29, 1.82) is 0 Å². The van der Waals surface area contributed by atoms with Gasteiger partial charge in [0, 0.05) is 6.04 Å². The maximum atomic E-state index is 12.5. The van der Waals surface area contributed by atoms with Crippen molar-refractivity contribution in [2.75, 3.05) is 19.8 Å². The van der Waals surface area contributed by atoms with Crippen LogP contribution in [-0.4, -0.2) is 33.2 Å². The molecule has 2 rings (SSSR count). The molecule has 1 atom stereocenters. The second kappa shape index (κ2) is 6.20. The summed E-state index contributed by atoms with van der Waals surface area (Å²) in [7, 11) is 0.508. The van der Waals surface area contributed by atoms with Crippen LogP contribution < -0.4 is 0 Å². The van der Waals surface area contributed by atoms with Gasteiger partial charge in [-0.15, -0.1) is 0 Å². The number of hydrogen-bond donors (Lipinski definition) is 0. The molecular formula is C16H19NO2S. The zero-order valence-corrected chi connectivity index (χ0v) is 12.5. The highest BCUT2D eigenvalue weighted by atomic mass is 32.2. The molecule has 2 aromatic carbocycles. The van der Waals surface area contributed by atoms with Crippen LogP contribution in [0.4, 0.5) is 0 Å². The molecule has 0 aromatic heterocycles. The molecule has 0 saturated carbocycles. The van der Waals surface area contributed by atoms with Gasteiger partial charge in [-0.2, -0.15) is 0 Å². The summed E-state index contributed by atoms with van der Waals surface area (Å²) in [5.74, 6) is 0.0774. The van der Waals surface area contributed by atoms with Crippen LogP contribution in [0, 0.1) is 0 Å². The smallest absolute Gasteiger partial charge is 0.180 e. The van der Waals surface area contributed by atoms with E-state index in [1.54, 1.807) is 24.3 Å². The van der Waals surface area contributed by atoms with Gasteiger partial charge >= 0.3 is 0 Å². The molecule has 4 heteroatoms. The second-order valence-corrected chi connectivity index (χ2v) is 7.02. The van der Waals surface area contributed by atoms with Crippen molar-refractivity contribution in [3.63, 3.8) is 0 Å². The fourth-order valence-corrected chi connectivity index (χ4v) is 3.82. The quantitative estimate of drug-likeness (QED) is 0.849. The van der Waals surface area contributed by atoms with E-state index in [2.05, 4.69) is 0 Å². The second-order valence-electron chi connectivity index (χ2n) is 4.98. The Labute approximate surface area is 120 Å². The van der Waals surface area contributed by atoms with Crippen LogP contribution in [0.3, 0.4) is 0 Å². The predicted molar refractivity (Wildman–Crippen MR) is 81.4 cm³/mol. The Morgan fingerprint density at radius 2 is 1.40 bits per heavy atom. The van der Waals surface area contributed by atoms with Crippen molar-refractivity contribution >= 4 is 9.84 Å². The van der Waals surface area contributed by atoms with Crippen LogP contribution in [-0.2, 0) is 9.84 Å². The zero-order chi connectivity index (χ0) is 14.6. The Hall–Kier alpha value is -1.65. The monoisotopic (exact) mass is 289 g/mol. The minimum atomic E-state index is -3.29. The Morgan fingerprint density at radius 3 is 1.90 bits per heavy atom. The summed E-state index contributed by atoms with van der Waals surface area (Å²) >= 11 is 0. The lowest BCUT2D eigenvalue weighted by atomic mass is 10.1. The van der Waals surface area contributed by atoms with Gasteiger partial charge in [0.15, 0.2) is 9.84 Å². The summed E-state index contributed by atoms with van der Waals surface area (Å²) in [5.41, 5.74) is 1.01. The minimum Gasteiger partial charge on any atom is -0.301 e. The largest absolute Gasteiger partial charge is 0.301 e. The molecule has 0 radical (unpaired) electrons. The van der Waals surface area contributed by atoms with E-state index >= 15 is 0 Å². The minimum absolute atomic E-state index is 0.0774. The van der Waals surface area contributed by atoms with Crippen LogP contribution in [0.2, 0.25) is 0 Å². The lowest BCUT2D eigenvalue weighted by molar-refractivity contribution is 0.322. The predicted octanol–water partition coefficient (Wildman–Crippen LogP) is 2.76. The molecule has 2 aromatic rings. The molecule has 0 aliphatic rings. The van der Waals surface area contributed by atoms with Gasteiger partial charge in [-0.05, 0) is 31.8 Å². The van der Waals surface area contributed by atoms with Gasteiger partial charge < -0.3 is 4.90 Å². The molecular weight excluding hydrogens is 270 g/mol. The van der Waals surface area contributed by atoms with Gasteiger partial charge in [-0.1, -0.05) is 48.5 Å². The van der Waals surface area contributed by atoms with Gasteiger partial charge in [0.2, 0.25) is 0 Å². The first-order valence-electron chi connectivity index (χ1n) is 6.50. The molecule has 0 aliphatic carbocycles. The summed E-state index contributed by atoms with van der Waals surface area (Å²) in [6, 6.07) is 18.2. The maximum Gasteiger partial charge on any atom is 0.180 e. The number of sulfone groups is 1. The van der Waals surface area contributed by atoms with Gasteiger partial charge in [-0.25, -0.2) is 8.42 Å². The first-order valence-corrected chi connectivity index (χ1v) is 8.15. The number of rotatable bonds is 5. The normalized spacial score (nSPS) is 13.3. The van der Waals surface area contributed by atoms with Gasteiger partial charge in [0.05, 0.1) is 10.6 Å². The van der Waals surface area contributed by atoms with E-state index in [4.69, 9.17) is 0 Å². The standard InChI is InChI=1S/C16H19NO2S/c1-17(2)16(14-9-5-3-6-10-14)13-20(18,19)15-11-7-4-8-12-15/h3-12,16H,13H2,1-2H3/t16-/m1/s1. The molecule has 0 aliphatic heterocycles. The van der Waals surface area contributed by atoms with Crippen LogP contribution in [0.1, 0.15) is 11.6 Å². The molecule has 0 bridgehead atoms.